The van der Waals surface area contributed by atoms with Gasteiger partial charge in [-0.05, 0) is 39.0 Å². The van der Waals surface area contributed by atoms with Crippen molar-refractivity contribution in [1.82, 2.24) is 0 Å². The van der Waals surface area contributed by atoms with Crippen molar-refractivity contribution in [2.45, 2.75) is 20.8 Å². The molecule has 0 saturated heterocycles. The van der Waals surface area contributed by atoms with Gasteiger partial charge in [0.1, 0.15) is 0 Å². The van der Waals surface area contributed by atoms with Gasteiger partial charge in [-0.1, -0.05) is 18.2 Å². The number of hydrogen-bond acceptors (Lipinski definition) is 6. The Labute approximate surface area is 145 Å². The molecule has 0 unspecified atom stereocenters. The van der Waals surface area contributed by atoms with Crippen LogP contribution in [0.3, 0.4) is 0 Å². The van der Waals surface area contributed by atoms with Crippen LogP contribution in [0.2, 0.25) is 0 Å². The Kier molecular flexibility index (Phi) is 31.0. The van der Waals surface area contributed by atoms with Crippen LogP contribution < -0.4 is 15.3 Å². The minimum absolute atomic E-state index is 0. The quantitative estimate of drug-likeness (QED) is 0.507. The van der Waals surface area contributed by atoms with Gasteiger partial charge in [0.15, 0.2) is 0 Å². The molecular weight excluding hydrogens is 380 g/mol. The van der Waals surface area contributed by atoms with E-state index in [2.05, 4.69) is 0 Å². The summed E-state index contributed by atoms with van der Waals surface area (Å²) >= 11 is 0. The molecule has 103 valence electrons. The van der Waals surface area contributed by atoms with Crippen LogP contribution in [0.15, 0.2) is 36.5 Å². The van der Waals surface area contributed by atoms with E-state index in [1.165, 1.54) is 18.2 Å². The van der Waals surface area contributed by atoms with Crippen LogP contribution in [0, 0.1) is 41.7 Å². The van der Waals surface area contributed by atoms with E-state index in [1.54, 1.807) is 20.8 Å². The average Bonchev–Trinajstić information content (AvgIpc) is 2.18. The van der Waals surface area contributed by atoms with Gasteiger partial charge in [0.2, 0.25) is 0 Å². The first-order valence-electron chi connectivity index (χ1n) is 4.82. The van der Waals surface area contributed by atoms with Crippen molar-refractivity contribution in [3.05, 3.63) is 36.5 Å². The third-order valence-electron chi connectivity index (χ3n) is 0.908. The number of carboxylic acid groups (broad SMARTS) is 3. The number of aliphatic carboxylic acids is 3. The fourth-order valence-corrected chi connectivity index (χ4v) is 0.408. The molecule has 0 rings (SSSR count). The van der Waals surface area contributed by atoms with Crippen LogP contribution in [0.25, 0.3) is 0 Å². The smallest absolute Gasteiger partial charge is 0.545 e. The minimum Gasteiger partial charge on any atom is -0.545 e. The molecule has 0 aliphatic rings. The van der Waals surface area contributed by atoms with E-state index in [9.17, 15) is 29.7 Å². The SMILES string of the molecule is CC=CC(=O)[O-].CC=CC(=O)[O-].CC=CC(=O)[O-].[Ce+3]. The Morgan fingerprint density at radius 2 is 0.789 bits per heavy atom. The second-order valence-electron chi connectivity index (χ2n) is 2.46. The Hall–Kier alpha value is -0.993. The molecular formula is C12H15CeO6. The van der Waals surface area contributed by atoms with Gasteiger partial charge in [0.25, 0.3) is 0 Å². The van der Waals surface area contributed by atoms with E-state index in [-0.39, 0.29) is 41.7 Å². The molecule has 0 fully saturated rings. The molecule has 0 aromatic heterocycles. The molecule has 0 N–H and O–H groups in total. The molecule has 1 radical (unpaired) electrons. The number of carbonyl (C=O) groups excluding carboxylic acids is 3. The van der Waals surface area contributed by atoms with Crippen molar-refractivity contribution >= 4 is 17.9 Å². The molecule has 6 nitrogen and oxygen atoms in total. The van der Waals surface area contributed by atoms with Crippen molar-refractivity contribution in [1.29, 1.82) is 0 Å². The molecule has 7 heteroatoms. The zero-order valence-electron chi connectivity index (χ0n) is 10.9. The Morgan fingerprint density at radius 1 is 0.632 bits per heavy atom. The van der Waals surface area contributed by atoms with Gasteiger partial charge in [-0.15, -0.1) is 0 Å². The molecule has 0 atom stereocenters. The van der Waals surface area contributed by atoms with Gasteiger partial charge >= 0.3 is 41.7 Å². The summed E-state index contributed by atoms with van der Waals surface area (Å²) in [5.74, 6) is -3.42. The van der Waals surface area contributed by atoms with E-state index >= 15 is 0 Å². The maximum absolute atomic E-state index is 9.40. The van der Waals surface area contributed by atoms with Crippen molar-refractivity contribution in [3.8, 4) is 0 Å². The summed E-state index contributed by atoms with van der Waals surface area (Å²) < 4.78 is 0. The van der Waals surface area contributed by atoms with Crippen LogP contribution in [-0.4, -0.2) is 17.9 Å². The van der Waals surface area contributed by atoms with Crippen LogP contribution in [-0.2, 0) is 14.4 Å². The number of carbonyl (C=O) groups is 3. The Balaban J connectivity index is -0.0000000865. The topological polar surface area (TPSA) is 120 Å². The van der Waals surface area contributed by atoms with E-state index in [0.29, 0.717) is 0 Å². The van der Waals surface area contributed by atoms with Gasteiger partial charge in [-0.3, -0.25) is 0 Å². The van der Waals surface area contributed by atoms with E-state index < -0.39 is 17.9 Å². The predicted molar refractivity (Wildman–Crippen MR) is 59.5 cm³/mol. The molecule has 0 aromatic carbocycles. The summed E-state index contributed by atoms with van der Waals surface area (Å²) in [6, 6.07) is 0. The average molecular weight is 395 g/mol. The van der Waals surface area contributed by atoms with E-state index in [1.807, 2.05) is 0 Å². The molecule has 0 saturated carbocycles. The Bertz CT molecular complexity index is 279. The van der Waals surface area contributed by atoms with Crippen LogP contribution in [0.4, 0.5) is 0 Å². The number of carboxylic acids is 3. The van der Waals surface area contributed by atoms with Crippen molar-refractivity contribution in [3.63, 3.8) is 0 Å². The zero-order valence-corrected chi connectivity index (χ0v) is 14.1. The van der Waals surface area contributed by atoms with Crippen molar-refractivity contribution < 1.29 is 71.5 Å². The number of hydrogen-bond donors (Lipinski definition) is 0. The monoisotopic (exact) mass is 395 g/mol. The molecule has 0 aliphatic carbocycles. The van der Waals surface area contributed by atoms with Gasteiger partial charge in [0, 0.05) is 0 Å². The first kappa shape index (κ1) is 26.5. The first-order chi connectivity index (χ1) is 8.31. The first-order valence-corrected chi connectivity index (χ1v) is 4.82. The van der Waals surface area contributed by atoms with Gasteiger partial charge < -0.3 is 29.7 Å². The zero-order chi connectivity index (χ0) is 15.0. The van der Waals surface area contributed by atoms with Crippen LogP contribution >= 0.6 is 0 Å². The minimum atomic E-state index is -1.14. The molecule has 0 aromatic rings. The number of allylic oxidation sites excluding steroid dienone is 3. The van der Waals surface area contributed by atoms with E-state index in [4.69, 9.17) is 0 Å². The fraction of sp³-hybridized carbons (Fsp3) is 0.250. The van der Waals surface area contributed by atoms with Crippen LogP contribution in [0.5, 0.6) is 0 Å². The summed E-state index contributed by atoms with van der Waals surface area (Å²) in [7, 11) is 0. The summed E-state index contributed by atoms with van der Waals surface area (Å²) in [5, 5.41) is 28.2. The fourth-order valence-electron chi connectivity index (χ4n) is 0.408. The largest absolute Gasteiger partial charge is 3.00 e. The van der Waals surface area contributed by atoms with Crippen molar-refractivity contribution in [2.24, 2.45) is 0 Å². The standard InChI is InChI=1S/3C4H6O2.Ce/c3*1-2-3-4(5)6;/h3*2-3H,1H3,(H,5,6);/q;;;+3/p-3. The predicted octanol–water partition coefficient (Wildman–Crippen LogP) is -2.06. The summed E-state index contributed by atoms with van der Waals surface area (Å²) in [6.07, 6.45) is 7.15. The third kappa shape index (κ3) is 59.7. The third-order valence-corrected chi connectivity index (χ3v) is 0.908. The number of rotatable bonds is 3. The normalized spacial score (nSPS) is 9.00. The maximum Gasteiger partial charge on any atom is 3.00 e. The maximum atomic E-state index is 9.40. The van der Waals surface area contributed by atoms with Gasteiger partial charge in [-0.25, -0.2) is 0 Å². The second-order valence-corrected chi connectivity index (χ2v) is 2.46. The van der Waals surface area contributed by atoms with Crippen LogP contribution in [0.1, 0.15) is 20.8 Å². The summed E-state index contributed by atoms with van der Waals surface area (Å²) in [6.45, 7) is 4.86. The van der Waals surface area contributed by atoms with E-state index in [0.717, 1.165) is 18.2 Å². The second kappa shape index (κ2) is 22.2. The molecule has 0 bridgehead atoms. The molecule has 0 spiro atoms. The summed E-state index contributed by atoms with van der Waals surface area (Å²) in [5.41, 5.74) is 0. The molecule has 19 heavy (non-hydrogen) atoms. The summed E-state index contributed by atoms with van der Waals surface area (Å²) in [4.78, 5) is 28.2. The molecule has 0 heterocycles. The molecule has 0 amide bonds. The van der Waals surface area contributed by atoms with Gasteiger partial charge in [-0.2, -0.15) is 0 Å². The Morgan fingerprint density at radius 3 is 0.789 bits per heavy atom. The van der Waals surface area contributed by atoms with Crippen molar-refractivity contribution in [2.75, 3.05) is 0 Å². The van der Waals surface area contributed by atoms with Gasteiger partial charge in [0.05, 0.1) is 17.9 Å². The molecule has 0 aliphatic heterocycles.